The molecule has 0 fully saturated rings. The molecule has 1 heteroatoms. The Hall–Kier alpha value is -4.88. The van der Waals surface area contributed by atoms with Gasteiger partial charge in [-0.2, -0.15) is 0 Å². The summed E-state index contributed by atoms with van der Waals surface area (Å²) in [4.78, 5) is 2.47. The SMILES string of the molecule is CC(C)(C)c1ccc(N(c2ccc(C(C)(C)C)cc2)c2cc3c(c4ccccc24)-c2ccc(/C=C/c4ccccc4)cc2C3(C)C)cc1. The topological polar surface area (TPSA) is 3.24 Å². The Labute approximate surface area is 287 Å². The minimum atomic E-state index is -0.169. The molecule has 240 valence electrons. The van der Waals surface area contributed by atoms with Gasteiger partial charge in [-0.1, -0.05) is 165 Å². The van der Waals surface area contributed by atoms with Gasteiger partial charge in [0, 0.05) is 22.2 Å². The van der Waals surface area contributed by atoms with Crippen LogP contribution in [0.15, 0.2) is 127 Å². The molecule has 48 heavy (non-hydrogen) atoms. The Morgan fingerprint density at radius 2 is 1.02 bits per heavy atom. The lowest BCUT2D eigenvalue weighted by Gasteiger charge is -2.31. The molecular formula is C47H47N. The molecule has 0 aromatic heterocycles. The lowest BCUT2D eigenvalue weighted by atomic mass is 9.81. The number of hydrogen-bond acceptors (Lipinski definition) is 1. The summed E-state index contributed by atoms with van der Waals surface area (Å²) in [5, 5.41) is 2.56. The van der Waals surface area contributed by atoms with E-state index in [1.54, 1.807) is 0 Å². The predicted octanol–water partition coefficient (Wildman–Crippen LogP) is 13.4. The van der Waals surface area contributed by atoms with E-state index < -0.39 is 0 Å². The summed E-state index contributed by atoms with van der Waals surface area (Å²) in [6.45, 7) is 18.5. The fourth-order valence-electron chi connectivity index (χ4n) is 7.27. The molecule has 0 unspecified atom stereocenters. The van der Waals surface area contributed by atoms with Crippen LogP contribution in [0.2, 0.25) is 0 Å². The van der Waals surface area contributed by atoms with E-state index in [2.05, 4.69) is 200 Å². The Morgan fingerprint density at radius 3 is 1.58 bits per heavy atom. The summed E-state index contributed by atoms with van der Waals surface area (Å²) in [6.07, 6.45) is 4.44. The van der Waals surface area contributed by atoms with Crippen molar-refractivity contribution in [2.75, 3.05) is 4.90 Å². The van der Waals surface area contributed by atoms with Crippen molar-refractivity contribution in [3.05, 3.63) is 161 Å². The summed E-state index contributed by atoms with van der Waals surface area (Å²) in [5.74, 6) is 0. The fourth-order valence-corrected chi connectivity index (χ4v) is 7.27. The quantitative estimate of drug-likeness (QED) is 0.172. The van der Waals surface area contributed by atoms with Crippen molar-refractivity contribution in [3.8, 4) is 11.1 Å². The van der Waals surface area contributed by atoms with Crippen molar-refractivity contribution in [1.29, 1.82) is 0 Å². The Balaban J connectivity index is 1.42. The third-order valence-electron chi connectivity index (χ3n) is 10.2. The molecule has 1 nitrogen and oxygen atoms in total. The van der Waals surface area contributed by atoms with Gasteiger partial charge in [0.15, 0.2) is 0 Å². The first kappa shape index (κ1) is 31.7. The maximum atomic E-state index is 2.48. The largest absolute Gasteiger partial charge is 0.310 e. The van der Waals surface area contributed by atoms with Crippen LogP contribution in [0.5, 0.6) is 0 Å². The van der Waals surface area contributed by atoms with E-state index in [4.69, 9.17) is 0 Å². The third-order valence-corrected chi connectivity index (χ3v) is 10.2. The molecule has 0 saturated heterocycles. The summed E-state index contributed by atoms with van der Waals surface area (Å²) >= 11 is 0. The Bertz CT molecular complexity index is 2070. The number of rotatable bonds is 5. The maximum Gasteiger partial charge on any atom is 0.0543 e. The maximum absolute atomic E-state index is 2.48. The number of fused-ring (bicyclic) bond motifs is 5. The van der Waals surface area contributed by atoms with Gasteiger partial charge < -0.3 is 4.90 Å². The first-order chi connectivity index (χ1) is 22.8. The van der Waals surface area contributed by atoms with Crippen molar-refractivity contribution < 1.29 is 0 Å². The van der Waals surface area contributed by atoms with E-state index in [1.165, 1.54) is 72.3 Å². The van der Waals surface area contributed by atoms with Crippen LogP contribution in [0.25, 0.3) is 34.1 Å². The van der Waals surface area contributed by atoms with Crippen LogP contribution < -0.4 is 4.90 Å². The van der Waals surface area contributed by atoms with Crippen molar-refractivity contribution in [2.45, 2.75) is 71.6 Å². The molecule has 6 aromatic carbocycles. The van der Waals surface area contributed by atoms with Crippen LogP contribution in [0, 0.1) is 0 Å². The van der Waals surface area contributed by atoms with Crippen LogP contribution >= 0.6 is 0 Å². The second-order valence-electron chi connectivity index (χ2n) is 16.0. The van der Waals surface area contributed by atoms with Crippen molar-refractivity contribution in [2.24, 2.45) is 0 Å². The van der Waals surface area contributed by atoms with E-state index in [0.717, 1.165) is 0 Å². The van der Waals surface area contributed by atoms with E-state index in [1.807, 2.05) is 0 Å². The van der Waals surface area contributed by atoms with Crippen LogP contribution in [0.4, 0.5) is 17.1 Å². The number of nitrogens with zero attached hydrogens (tertiary/aromatic N) is 1. The van der Waals surface area contributed by atoms with Gasteiger partial charge in [0.25, 0.3) is 0 Å². The first-order valence-electron chi connectivity index (χ1n) is 17.3. The molecule has 0 aliphatic heterocycles. The molecule has 6 aromatic rings. The van der Waals surface area contributed by atoms with Gasteiger partial charge in [0.1, 0.15) is 0 Å². The van der Waals surface area contributed by atoms with Gasteiger partial charge in [0.2, 0.25) is 0 Å². The highest BCUT2D eigenvalue weighted by atomic mass is 15.1. The Morgan fingerprint density at radius 1 is 0.500 bits per heavy atom. The lowest BCUT2D eigenvalue weighted by Crippen LogP contribution is -2.17. The highest BCUT2D eigenvalue weighted by Gasteiger charge is 2.38. The van der Waals surface area contributed by atoms with Crippen molar-refractivity contribution in [3.63, 3.8) is 0 Å². The second kappa shape index (κ2) is 11.7. The average molecular weight is 626 g/mol. The molecule has 1 aliphatic carbocycles. The molecule has 0 amide bonds. The monoisotopic (exact) mass is 625 g/mol. The highest BCUT2D eigenvalue weighted by Crippen LogP contribution is 2.54. The standard InChI is InChI=1S/C47H47N/c1-45(2,3)34-21-25-36(26-22-34)48(37-27-23-35(24-28-37)46(4,5)6)43-31-42-44(39-17-13-12-16-38(39)43)40-29-20-33(30-41(40)47(42,7)8)19-18-32-14-10-9-11-15-32/h9-31H,1-8H3/b19-18+. The van der Waals surface area contributed by atoms with Gasteiger partial charge in [-0.25, -0.2) is 0 Å². The zero-order valence-corrected chi connectivity index (χ0v) is 29.7. The van der Waals surface area contributed by atoms with E-state index >= 15 is 0 Å². The predicted molar refractivity (Wildman–Crippen MR) is 209 cm³/mol. The molecule has 0 atom stereocenters. The van der Waals surface area contributed by atoms with Crippen molar-refractivity contribution in [1.82, 2.24) is 0 Å². The minimum absolute atomic E-state index is 0.0862. The highest BCUT2D eigenvalue weighted by molar-refractivity contribution is 6.10. The first-order valence-corrected chi connectivity index (χ1v) is 17.3. The molecule has 7 rings (SSSR count). The summed E-state index contributed by atoms with van der Waals surface area (Å²) in [6, 6.07) is 47.4. The smallest absolute Gasteiger partial charge is 0.0543 e. The summed E-state index contributed by atoms with van der Waals surface area (Å²) in [5.41, 5.74) is 14.1. The second-order valence-corrected chi connectivity index (χ2v) is 16.0. The van der Waals surface area contributed by atoms with Crippen LogP contribution in [-0.4, -0.2) is 0 Å². The zero-order valence-electron chi connectivity index (χ0n) is 29.7. The van der Waals surface area contributed by atoms with E-state index in [0.29, 0.717) is 0 Å². The fraction of sp³-hybridized carbons (Fsp3) is 0.234. The molecule has 0 spiro atoms. The lowest BCUT2D eigenvalue weighted by molar-refractivity contribution is 0.590. The van der Waals surface area contributed by atoms with Gasteiger partial charge in [-0.15, -0.1) is 0 Å². The van der Waals surface area contributed by atoms with Gasteiger partial charge in [-0.3, -0.25) is 0 Å². The molecule has 0 saturated carbocycles. The van der Waals surface area contributed by atoms with Gasteiger partial charge >= 0.3 is 0 Å². The average Bonchev–Trinajstić information content (AvgIpc) is 3.29. The minimum Gasteiger partial charge on any atom is -0.310 e. The van der Waals surface area contributed by atoms with Gasteiger partial charge in [0.05, 0.1) is 5.69 Å². The number of benzene rings is 6. The summed E-state index contributed by atoms with van der Waals surface area (Å²) in [7, 11) is 0. The summed E-state index contributed by atoms with van der Waals surface area (Å²) < 4.78 is 0. The van der Waals surface area contributed by atoms with Crippen LogP contribution in [0.1, 0.15) is 88.8 Å². The Kier molecular flexibility index (Phi) is 7.71. The van der Waals surface area contributed by atoms with E-state index in [9.17, 15) is 0 Å². The zero-order chi connectivity index (χ0) is 33.8. The van der Waals surface area contributed by atoms with Crippen LogP contribution in [0.3, 0.4) is 0 Å². The molecule has 0 radical (unpaired) electrons. The normalized spacial score (nSPS) is 13.9. The van der Waals surface area contributed by atoms with E-state index in [-0.39, 0.29) is 16.2 Å². The molecule has 1 aliphatic rings. The molecule has 0 bridgehead atoms. The van der Waals surface area contributed by atoms with Gasteiger partial charge in [-0.05, 0) is 91.1 Å². The molecular weight excluding hydrogens is 579 g/mol. The number of anilines is 3. The third kappa shape index (κ3) is 5.66. The molecule has 0 heterocycles. The number of hydrogen-bond donors (Lipinski definition) is 0. The van der Waals surface area contributed by atoms with Crippen molar-refractivity contribution >= 4 is 40.0 Å². The molecule has 0 N–H and O–H groups in total. The van der Waals surface area contributed by atoms with Crippen LogP contribution in [-0.2, 0) is 16.2 Å².